The minimum atomic E-state index is -0.629. The van der Waals surface area contributed by atoms with Gasteiger partial charge in [0, 0.05) is 40.3 Å². The lowest BCUT2D eigenvalue weighted by atomic mass is 9.84. The number of aromatic amines is 2. The summed E-state index contributed by atoms with van der Waals surface area (Å²) in [5, 5.41) is 6.09. The molecule has 6 aromatic rings. The van der Waals surface area contributed by atoms with E-state index < -0.39 is 12.1 Å². The van der Waals surface area contributed by atoms with Gasteiger partial charge in [0.15, 0.2) is 0 Å². The minimum absolute atomic E-state index is 0.0157. The predicted molar refractivity (Wildman–Crippen MR) is 304 cm³/mol. The van der Waals surface area contributed by atoms with Crippen molar-refractivity contribution in [1.29, 1.82) is 0 Å². The number of carbonyl (C=O) groups excluding carboxylic acids is 4. The van der Waals surface area contributed by atoms with Crippen LogP contribution in [0.2, 0.25) is 0 Å². The van der Waals surface area contributed by atoms with E-state index in [9.17, 15) is 19.2 Å². The second-order valence-corrected chi connectivity index (χ2v) is 24.6. The van der Waals surface area contributed by atoms with Gasteiger partial charge in [0.05, 0.1) is 34.2 Å². The average molecular weight is 1040 g/mol. The first kappa shape index (κ1) is 52.4. The van der Waals surface area contributed by atoms with E-state index in [2.05, 4.69) is 110 Å². The maximum Gasteiger partial charge on any atom is 0.317 e. The van der Waals surface area contributed by atoms with Gasteiger partial charge in [0.25, 0.3) is 0 Å². The number of hydrogen-bond acceptors (Lipinski definition) is 6. The number of aromatic nitrogens is 4. The Labute approximate surface area is 454 Å². The molecule has 4 bridgehead atoms. The van der Waals surface area contributed by atoms with E-state index in [0.717, 1.165) is 115 Å². The van der Waals surface area contributed by atoms with Crippen LogP contribution in [0, 0.1) is 23.7 Å². The molecule has 6 aliphatic carbocycles. The summed E-state index contributed by atoms with van der Waals surface area (Å²) in [6, 6.07) is 25.4. The normalized spacial score (nSPS) is 23.9. The first-order valence-electron chi connectivity index (χ1n) is 28.9. The number of benzene rings is 4. The highest BCUT2D eigenvalue weighted by molar-refractivity contribution is 5.90. The maximum absolute atomic E-state index is 14.7. The highest BCUT2D eigenvalue weighted by Crippen LogP contribution is 2.48. The van der Waals surface area contributed by atoms with Crippen molar-refractivity contribution >= 4 is 45.9 Å². The Morgan fingerprint density at radius 1 is 0.584 bits per heavy atom. The molecule has 406 valence electrons. The topological polar surface area (TPSA) is 163 Å². The van der Waals surface area contributed by atoms with E-state index in [1.165, 1.54) is 56.0 Å². The molecule has 14 rings (SSSR count). The predicted octanol–water partition coefficient (Wildman–Crippen LogP) is 11.5. The highest BCUT2D eigenvalue weighted by atomic mass is 16.2. The molecule has 6 amide bonds. The molecule has 0 unspecified atom stereocenters. The molecule has 4 N–H and O–H groups in total. The van der Waals surface area contributed by atoms with Crippen molar-refractivity contribution < 1.29 is 19.2 Å². The number of aryl methyl sites for hydroxylation is 2. The summed E-state index contributed by atoms with van der Waals surface area (Å²) in [6.45, 7) is 10.4. The number of nitrogens with zero attached hydrogens (tertiary/aromatic N) is 6. The summed E-state index contributed by atoms with van der Waals surface area (Å²) in [4.78, 5) is 80.3. The quantitative estimate of drug-likeness (QED) is 0.107. The van der Waals surface area contributed by atoms with E-state index in [1.807, 2.05) is 27.7 Å². The van der Waals surface area contributed by atoms with Gasteiger partial charge in [-0.25, -0.2) is 19.6 Å². The molecule has 4 fully saturated rings. The van der Waals surface area contributed by atoms with Gasteiger partial charge in [-0.1, -0.05) is 109 Å². The zero-order chi connectivity index (χ0) is 54.0. The zero-order valence-corrected chi connectivity index (χ0v) is 46.8. The standard InChI is InChI=1S/C63H80N10O4/c1-35(2)56(68-62(76)70(6)7)60(74)72-52-16-12-10-14-44(52)33-54(72)58-64-48-26-24-42(31-50(48)66-58)46-29-38-18-20-39-22-23-40(37(5)28-41(46)21-19-38)30-47(39)43-25-27-49-51(32-43)67-59(65-49)55-34-45-15-11-13-17-53(45)73(55)61(75)57(36(3)4)69-63(77)71(8)9/h19,21-27,29-32,35-37,44-45,52-57H,10-18,20,28,33-34H2,1-9H3,(H,64,66)(H,65,67)(H,68,76)(H,69,77)/t37-,44+,45+,52+,53+,54+,55+,56+,57+/m1/s1. The number of imidazole rings is 2. The number of hydrogen-bond donors (Lipinski definition) is 4. The number of likely N-dealkylation sites (tertiary alicyclic amines) is 2. The van der Waals surface area contributed by atoms with Gasteiger partial charge in [-0.2, -0.15) is 0 Å². The maximum atomic E-state index is 14.7. The second kappa shape index (κ2) is 21.3. The van der Waals surface area contributed by atoms with E-state index >= 15 is 0 Å². The molecule has 2 aliphatic heterocycles. The van der Waals surface area contributed by atoms with Crippen LogP contribution in [0.3, 0.4) is 0 Å². The Morgan fingerprint density at radius 3 is 1.56 bits per heavy atom. The van der Waals surface area contributed by atoms with Crippen LogP contribution in [-0.4, -0.2) is 116 Å². The zero-order valence-electron chi connectivity index (χ0n) is 46.8. The SMILES string of the molecule is CC(C)[C@H](NC(=O)N(C)C)C(=O)N1[C@H](c2nc3cc(-c4cc5ccc4CCc4ccc(c(-c6ccc7[nH]c([C@@H]8C[C@@H]9CCCC[C@@H]9N8C(=O)[C@@H](NC(=O)N(C)C)C(C)C)nc7c6)c4)C[C@H]5C)ccc3[nH]2)C[C@@H]2CCCC[C@@H]21. The van der Waals surface area contributed by atoms with Crippen molar-refractivity contribution in [2.45, 2.75) is 160 Å². The Bertz CT molecular complexity index is 3210. The Morgan fingerprint density at radius 2 is 1.06 bits per heavy atom. The Balaban J connectivity index is 0.859. The molecular weight excluding hydrogens is 961 g/mol. The van der Waals surface area contributed by atoms with Gasteiger partial charge in [-0.05, 0) is 156 Å². The molecule has 0 radical (unpaired) electrons. The Hall–Kier alpha value is -6.70. The summed E-state index contributed by atoms with van der Waals surface area (Å²) >= 11 is 0. The summed E-state index contributed by atoms with van der Waals surface area (Å²) in [6.07, 6.45) is 13.0. The van der Waals surface area contributed by atoms with Crippen molar-refractivity contribution in [3.8, 4) is 22.3 Å². The van der Waals surface area contributed by atoms with Crippen molar-refractivity contribution in [2.24, 2.45) is 23.7 Å². The van der Waals surface area contributed by atoms with E-state index in [1.54, 1.807) is 28.2 Å². The lowest BCUT2D eigenvalue weighted by Crippen LogP contribution is -2.55. The van der Waals surface area contributed by atoms with Crippen LogP contribution in [-0.2, 0) is 28.9 Å². The van der Waals surface area contributed by atoms with Crippen molar-refractivity contribution in [3.05, 3.63) is 107 Å². The average Bonchev–Trinajstić information content (AvgIpc) is 4.22. The highest BCUT2D eigenvalue weighted by Gasteiger charge is 2.50. The van der Waals surface area contributed by atoms with E-state index in [0.29, 0.717) is 11.8 Å². The van der Waals surface area contributed by atoms with Crippen LogP contribution in [0.15, 0.2) is 72.8 Å². The van der Waals surface area contributed by atoms with Crippen LogP contribution in [0.25, 0.3) is 44.3 Å². The molecule has 2 aromatic heterocycles. The van der Waals surface area contributed by atoms with E-state index in [-0.39, 0.29) is 65.8 Å². The van der Waals surface area contributed by atoms with Gasteiger partial charge < -0.3 is 40.2 Å². The van der Waals surface area contributed by atoms with Gasteiger partial charge >= 0.3 is 12.1 Å². The second-order valence-electron chi connectivity index (χ2n) is 24.6. The molecule has 77 heavy (non-hydrogen) atoms. The number of rotatable bonds is 10. The fraction of sp³-hybridized carbons (Fsp3) is 0.524. The molecule has 14 nitrogen and oxygen atoms in total. The van der Waals surface area contributed by atoms with E-state index in [4.69, 9.17) is 9.97 Å². The molecule has 9 atom stereocenters. The van der Waals surface area contributed by atoms with Gasteiger partial charge in [0.2, 0.25) is 11.8 Å². The van der Waals surface area contributed by atoms with Crippen molar-refractivity contribution in [3.63, 3.8) is 0 Å². The van der Waals surface area contributed by atoms with Crippen LogP contribution in [0.5, 0.6) is 0 Å². The number of nitrogens with one attached hydrogen (secondary N) is 4. The number of H-pyrrole nitrogens is 2. The Kier molecular flexibility index (Phi) is 14.5. The molecule has 0 spiro atoms. The summed E-state index contributed by atoms with van der Waals surface area (Å²) in [5.41, 5.74) is 13.6. The molecule has 14 heteroatoms. The lowest BCUT2D eigenvalue weighted by molar-refractivity contribution is -0.139. The number of amides is 6. The third-order valence-corrected chi connectivity index (χ3v) is 18.3. The minimum Gasteiger partial charge on any atom is -0.340 e. The summed E-state index contributed by atoms with van der Waals surface area (Å²) < 4.78 is 0. The molecular formula is C63H80N10O4. The summed E-state index contributed by atoms with van der Waals surface area (Å²) in [5.74, 6) is 2.52. The first-order valence-corrected chi connectivity index (χ1v) is 28.9. The molecule has 2 saturated carbocycles. The molecule has 4 heterocycles. The van der Waals surface area contributed by atoms with Gasteiger partial charge in [0.1, 0.15) is 23.7 Å². The van der Waals surface area contributed by atoms with Crippen LogP contribution in [0.1, 0.15) is 151 Å². The van der Waals surface area contributed by atoms with Crippen molar-refractivity contribution in [2.75, 3.05) is 28.2 Å². The summed E-state index contributed by atoms with van der Waals surface area (Å²) in [7, 11) is 6.84. The third kappa shape index (κ3) is 10.1. The largest absolute Gasteiger partial charge is 0.340 e. The fourth-order valence-electron chi connectivity index (χ4n) is 14.0. The molecule has 2 saturated heterocycles. The number of fused-ring (bicyclic) bond motifs is 4. The number of carbonyl (C=O) groups is 4. The lowest BCUT2D eigenvalue weighted by Gasteiger charge is -2.37. The van der Waals surface area contributed by atoms with Crippen LogP contribution >= 0.6 is 0 Å². The fourth-order valence-corrected chi connectivity index (χ4v) is 14.0. The monoisotopic (exact) mass is 1040 g/mol. The van der Waals surface area contributed by atoms with Gasteiger partial charge in [-0.3, -0.25) is 9.59 Å². The molecule has 8 aliphatic rings. The van der Waals surface area contributed by atoms with Crippen molar-refractivity contribution in [1.82, 2.24) is 50.2 Å². The molecule has 4 aromatic carbocycles. The van der Waals surface area contributed by atoms with Crippen LogP contribution in [0.4, 0.5) is 9.59 Å². The van der Waals surface area contributed by atoms with Gasteiger partial charge in [-0.15, -0.1) is 0 Å². The first-order chi connectivity index (χ1) is 37.0. The van der Waals surface area contributed by atoms with Crippen LogP contribution < -0.4 is 10.6 Å². The number of urea groups is 2. The smallest absolute Gasteiger partial charge is 0.317 e. The third-order valence-electron chi connectivity index (χ3n) is 18.3.